The molecule has 1 amide bonds. The molecule has 2 bridgehead atoms. The molecule has 0 aliphatic heterocycles. The van der Waals surface area contributed by atoms with Gasteiger partial charge in [0.2, 0.25) is 0 Å². The van der Waals surface area contributed by atoms with E-state index in [4.69, 9.17) is 10.2 Å². The van der Waals surface area contributed by atoms with Gasteiger partial charge in [-0.15, -0.1) is 0 Å². The van der Waals surface area contributed by atoms with Crippen molar-refractivity contribution in [3.05, 3.63) is 24.2 Å². The Bertz CT molecular complexity index is 401. The first kappa shape index (κ1) is 11.8. The highest BCUT2D eigenvalue weighted by Crippen LogP contribution is 2.39. The van der Waals surface area contributed by atoms with E-state index >= 15 is 0 Å². The monoisotopic (exact) mass is 248 g/mol. The summed E-state index contributed by atoms with van der Waals surface area (Å²) in [5, 5.41) is 3.19. The average Bonchev–Trinajstić information content (AvgIpc) is 2.83. The van der Waals surface area contributed by atoms with E-state index in [1.54, 1.807) is 6.07 Å². The predicted molar refractivity (Wildman–Crippen MR) is 68.0 cm³/mol. The molecule has 3 rings (SSSR count). The van der Waals surface area contributed by atoms with Gasteiger partial charge in [0.15, 0.2) is 0 Å². The third-order valence-corrected chi connectivity index (χ3v) is 4.46. The number of amides is 1. The Morgan fingerprint density at radius 2 is 2.06 bits per heavy atom. The Labute approximate surface area is 107 Å². The molecule has 2 aliphatic carbocycles. The molecule has 0 radical (unpaired) electrons. The molecule has 2 atom stereocenters. The van der Waals surface area contributed by atoms with Gasteiger partial charge in [-0.25, -0.2) is 0 Å². The summed E-state index contributed by atoms with van der Waals surface area (Å²) in [6, 6.07) is 2.34. The van der Waals surface area contributed by atoms with Gasteiger partial charge in [0, 0.05) is 12.1 Å². The van der Waals surface area contributed by atoms with Crippen molar-refractivity contribution in [3.8, 4) is 0 Å². The van der Waals surface area contributed by atoms with Crippen LogP contribution in [0.3, 0.4) is 0 Å². The lowest BCUT2D eigenvalue weighted by atomic mass is 9.67. The smallest absolute Gasteiger partial charge is 0.254 e. The highest BCUT2D eigenvalue weighted by Gasteiger charge is 2.39. The number of fused-ring (bicyclic) bond motifs is 2. The number of carbonyl (C=O) groups excluding carboxylic acids is 1. The maximum Gasteiger partial charge on any atom is 0.254 e. The van der Waals surface area contributed by atoms with Crippen LogP contribution in [-0.4, -0.2) is 18.0 Å². The summed E-state index contributed by atoms with van der Waals surface area (Å²) in [5.41, 5.74) is 6.70. The minimum Gasteiger partial charge on any atom is -0.472 e. The number of nitrogens with one attached hydrogen (secondary N) is 1. The van der Waals surface area contributed by atoms with Crippen molar-refractivity contribution >= 4 is 5.91 Å². The van der Waals surface area contributed by atoms with Gasteiger partial charge in [0.05, 0.1) is 11.8 Å². The SMILES string of the molecule is NC1CC2CCCC(C1)C2NC(=O)c1ccoc1. The second kappa shape index (κ2) is 4.76. The molecule has 0 saturated heterocycles. The predicted octanol–water partition coefficient (Wildman–Crippen LogP) is 1.92. The summed E-state index contributed by atoms with van der Waals surface area (Å²) < 4.78 is 4.96. The second-order valence-corrected chi connectivity index (χ2v) is 5.69. The van der Waals surface area contributed by atoms with Gasteiger partial charge in [-0.3, -0.25) is 4.79 Å². The molecule has 1 aromatic rings. The van der Waals surface area contributed by atoms with Crippen molar-refractivity contribution in [2.75, 3.05) is 0 Å². The third kappa shape index (κ3) is 2.17. The standard InChI is InChI=1S/C14H20N2O2/c15-12-6-9-2-1-3-10(7-12)13(9)16-14(17)11-4-5-18-8-11/h4-5,8-10,12-13H,1-3,6-7,15H2,(H,16,17). The van der Waals surface area contributed by atoms with Gasteiger partial charge >= 0.3 is 0 Å². The molecule has 0 aromatic carbocycles. The Balaban J connectivity index is 1.70. The first-order chi connectivity index (χ1) is 8.74. The lowest BCUT2D eigenvalue weighted by Gasteiger charge is -2.45. The molecule has 2 aliphatic rings. The number of furan rings is 1. The number of hydrogen-bond acceptors (Lipinski definition) is 3. The molecule has 2 saturated carbocycles. The van der Waals surface area contributed by atoms with Crippen LogP contribution in [0, 0.1) is 11.8 Å². The van der Waals surface area contributed by atoms with E-state index in [2.05, 4.69) is 5.32 Å². The van der Waals surface area contributed by atoms with Crippen molar-refractivity contribution in [2.45, 2.75) is 44.2 Å². The van der Waals surface area contributed by atoms with Crippen molar-refractivity contribution < 1.29 is 9.21 Å². The quantitative estimate of drug-likeness (QED) is 0.840. The molecule has 3 N–H and O–H groups in total. The van der Waals surface area contributed by atoms with Gasteiger partial charge in [-0.2, -0.15) is 0 Å². The number of nitrogens with two attached hydrogens (primary N) is 1. The van der Waals surface area contributed by atoms with Crippen LogP contribution < -0.4 is 11.1 Å². The molecule has 4 nitrogen and oxygen atoms in total. The van der Waals surface area contributed by atoms with Crippen molar-refractivity contribution in [1.29, 1.82) is 0 Å². The molecule has 18 heavy (non-hydrogen) atoms. The second-order valence-electron chi connectivity index (χ2n) is 5.69. The van der Waals surface area contributed by atoms with E-state index in [0.717, 1.165) is 12.8 Å². The van der Waals surface area contributed by atoms with Gasteiger partial charge in [-0.1, -0.05) is 6.42 Å². The summed E-state index contributed by atoms with van der Waals surface area (Å²) in [6.45, 7) is 0. The topological polar surface area (TPSA) is 68.3 Å². The maximum absolute atomic E-state index is 12.1. The Kier molecular flexibility index (Phi) is 3.12. The van der Waals surface area contributed by atoms with Gasteiger partial charge in [0.25, 0.3) is 5.91 Å². The minimum atomic E-state index is -0.0129. The van der Waals surface area contributed by atoms with Gasteiger partial charge in [0.1, 0.15) is 6.26 Å². The summed E-state index contributed by atoms with van der Waals surface area (Å²) in [7, 11) is 0. The molecule has 4 heteroatoms. The fourth-order valence-corrected chi connectivity index (χ4v) is 3.65. The molecule has 1 aromatic heterocycles. The molecular formula is C14H20N2O2. The lowest BCUT2D eigenvalue weighted by molar-refractivity contribution is 0.0755. The summed E-state index contributed by atoms with van der Waals surface area (Å²) in [6.07, 6.45) is 8.80. The first-order valence-corrected chi connectivity index (χ1v) is 6.82. The minimum absolute atomic E-state index is 0.0129. The summed E-state index contributed by atoms with van der Waals surface area (Å²) in [5.74, 6) is 1.10. The molecule has 1 heterocycles. The van der Waals surface area contributed by atoms with E-state index in [0.29, 0.717) is 29.5 Å². The van der Waals surface area contributed by atoms with Crippen LogP contribution >= 0.6 is 0 Å². The van der Waals surface area contributed by atoms with E-state index < -0.39 is 0 Å². The van der Waals surface area contributed by atoms with Crippen LogP contribution in [0.5, 0.6) is 0 Å². The van der Waals surface area contributed by atoms with Crippen LogP contribution in [0.25, 0.3) is 0 Å². The van der Waals surface area contributed by atoms with Crippen LogP contribution in [0.4, 0.5) is 0 Å². The third-order valence-electron chi connectivity index (χ3n) is 4.46. The lowest BCUT2D eigenvalue weighted by Crippen LogP contribution is -2.53. The average molecular weight is 248 g/mol. The summed E-state index contributed by atoms with van der Waals surface area (Å²) >= 11 is 0. The fraction of sp³-hybridized carbons (Fsp3) is 0.643. The highest BCUT2D eigenvalue weighted by atomic mass is 16.3. The van der Waals surface area contributed by atoms with Crippen LogP contribution in [0.1, 0.15) is 42.5 Å². The zero-order valence-electron chi connectivity index (χ0n) is 10.5. The Morgan fingerprint density at radius 3 is 2.67 bits per heavy atom. The van der Waals surface area contributed by atoms with Crippen molar-refractivity contribution in [1.82, 2.24) is 5.32 Å². The zero-order valence-corrected chi connectivity index (χ0v) is 10.5. The van der Waals surface area contributed by atoms with Crippen LogP contribution in [0.2, 0.25) is 0 Å². The van der Waals surface area contributed by atoms with Gasteiger partial charge < -0.3 is 15.5 Å². The van der Waals surface area contributed by atoms with Crippen molar-refractivity contribution in [2.24, 2.45) is 17.6 Å². The van der Waals surface area contributed by atoms with Crippen LogP contribution in [-0.2, 0) is 0 Å². The molecule has 0 spiro atoms. The van der Waals surface area contributed by atoms with E-state index in [-0.39, 0.29) is 5.91 Å². The number of carbonyl (C=O) groups is 1. The Hall–Kier alpha value is -1.29. The fourth-order valence-electron chi connectivity index (χ4n) is 3.65. The maximum atomic E-state index is 12.1. The molecule has 2 unspecified atom stereocenters. The van der Waals surface area contributed by atoms with Crippen LogP contribution in [0.15, 0.2) is 23.0 Å². The number of hydrogen-bond donors (Lipinski definition) is 2. The number of rotatable bonds is 2. The molecule has 98 valence electrons. The largest absolute Gasteiger partial charge is 0.472 e. The Morgan fingerprint density at radius 1 is 1.33 bits per heavy atom. The van der Waals surface area contributed by atoms with Gasteiger partial charge in [-0.05, 0) is 43.6 Å². The molecule has 2 fully saturated rings. The van der Waals surface area contributed by atoms with E-state index in [1.807, 2.05) is 0 Å². The van der Waals surface area contributed by atoms with E-state index in [9.17, 15) is 4.79 Å². The normalized spacial score (nSPS) is 35.2. The zero-order chi connectivity index (χ0) is 12.5. The first-order valence-electron chi connectivity index (χ1n) is 6.82. The summed E-state index contributed by atoms with van der Waals surface area (Å²) in [4.78, 5) is 12.1. The molecular weight excluding hydrogens is 228 g/mol. The highest BCUT2D eigenvalue weighted by molar-refractivity contribution is 5.94. The van der Waals surface area contributed by atoms with Crippen molar-refractivity contribution in [3.63, 3.8) is 0 Å². The van der Waals surface area contributed by atoms with E-state index in [1.165, 1.54) is 31.8 Å².